The Bertz CT molecular complexity index is 1180. The average molecular weight is 451 g/mol. The second-order valence-electron chi connectivity index (χ2n) is 7.11. The van der Waals surface area contributed by atoms with Crippen LogP contribution in [0.3, 0.4) is 0 Å². The number of carbonyl (C=O) groups excluding carboxylic acids is 2. The molecule has 0 fully saturated rings. The van der Waals surface area contributed by atoms with E-state index in [1.54, 1.807) is 62.4 Å². The molecule has 0 aromatic heterocycles. The van der Waals surface area contributed by atoms with Gasteiger partial charge in [-0.1, -0.05) is 42.5 Å². The Kier molecular flexibility index (Phi) is 7.06. The van der Waals surface area contributed by atoms with E-state index in [-0.39, 0.29) is 28.2 Å². The van der Waals surface area contributed by atoms with Gasteiger partial charge in [-0.25, -0.2) is 0 Å². The number of ether oxygens (including phenoxy) is 3. The second-order valence-corrected chi connectivity index (χ2v) is 8.55. The molecule has 0 spiro atoms. The van der Waals surface area contributed by atoms with Crippen molar-refractivity contribution in [3.05, 3.63) is 82.4 Å². The lowest BCUT2D eigenvalue weighted by molar-refractivity contribution is 0.103. The molecule has 0 aliphatic rings. The third kappa shape index (κ3) is 4.27. The predicted octanol–water partition coefficient (Wildman–Crippen LogP) is 4.85. The molecule has 1 atom stereocenters. The van der Waals surface area contributed by atoms with E-state index in [1.807, 2.05) is 6.07 Å². The second kappa shape index (κ2) is 9.75. The molecule has 3 rings (SSSR count). The summed E-state index contributed by atoms with van der Waals surface area (Å²) in [6, 6.07) is 15.3. The minimum Gasteiger partial charge on any atom is -0.496 e. The van der Waals surface area contributed by atoms with Gasteiger partial charge in [-0.3, -0.25) is 14.2 Å². The van der Waals surface area contributed by atoms with Gasteiger partial charge in [0.2, 0.25) is 5.52 Å². The van der Waals surface area contributed by atoms with Crippen LogP contribution in [-0.2, 0) is 4.57 Å². The lowest BCUT2D eigenvalue weighted by atomic mass is 9.93. The van der Waals surface area contributed by atoms with Gasteiger partial charge in [-0.2, -0.15) is 0 Å². The summed E-state index contributed by atoms with van der Waals surface area (Å²) in [4.78, 5) is 26.5. The summed E-state index contributed by atoms with van der Waals surface area (Å²) >= 11 is 0. The molecule has 0 bridgehead atoms. The number of aryl methyl sites for hydroxylation is 1. The lowest BCUT2D eigenvalue weighted by Gasteiger charge is -2.16. The lowest BCUT2D eigenvalue weighted by Crippen LogP contribution is -2.14. The fourth-order valence-corrected chi connectivity index (χ4v) is 5.02. The van der Waals surface area contributed by atoms with Crippen molar-refractivity contribution < 1.29 is 28.4 Å². The molecular weight excluding hydrogens is 427 g/mol. The molecule has 0 saturated carbocycles. The average Bonchev–Trinajstić information content (AvgIpc) is 2.82. The van der Waals surface area contributed by atoms with Crippen LogP contribution >= 0.6 is 7.80 Å². The van der Waals surface area contributed by atoms with Crippen LogP contribution in [0, 0.1) is 13.8 Å². The summed E-state index contributed by atoms with van der Waals surface area (Å²) < 4.78 is 29.4. The Morgan fingerprint density at radius 2 is 1.41 bits per heavy atom. The first-order valence-electron chi connectivity index (χ1n) is 9.85. The van der Waals surface area contributed by atoms with Crippen molar-refractivity contribution in [3.63, 3.8) is 0 Å². The molecule has 7 heteroatoms. The zero-order valence-corrected chi connectivity index (χ0v) is 19.5. The first kappa shape index (κ1) is 23.2. The maximum Gasteiger partial charge on any atom is 0.247 e. The van der Waals surface area contributed by atoms with Gasteiger partial charge >= 0.3 is 0 Å². The SMILES string of the molecule is COc1cc(OC)c([P](=O)C(=O)c2c(C)ccc(C(=O)c3ccccc3)c2C)c(OC)c1. The van der Waals surface area contributed by atoms with E-state index in [0.29, 0.717) is 28.0 Å². The molecule has 0 saturated heterocycles. The summed E-state index contributed by atoms with van der Waals surface area (Å²) in [6.45, 7) is 3.45. The van der Waals surface area contributed by atoms with Gasteiger partial charge in [-0.15, -0.1) is 0 Å². The Hall–Kier alpha value is -3.50. The molecule has 32 heavy (non-hydrogen) atoms. The molecule has 6 nitrogen and oxygen atoms in total. The van der Waals surface area contributed by atoms with Gasteiger partial charge in [0.15, 0.2) is 13.6 Å². The normalized spacial score (nSPS) is 11.0. The van der Waals surface area contributed by atoms with Crippen molar-refractivity contribution in [1.29, 1.82) is 0 Å². The minimum atomic E-state index is -2.61. The van der Waals surface area contributed by atoms with Gasteiger partial charge in [0.1, 0.15) is 22.6 Å². The monoisotopic (exact) mass is 451 g/mol. The molecule has 0 heterocycles. The molecule has 165 valence electrons. The summed E-state index contributed by atoms with van der Waals surface area (Å²) in [5.41, 5.74) is 1.68. The Morgan fingerprint density at radius 3 is 1.94 bits per heavy atom. The number of hydrogen-bond acceptors (Lipinski definition) is 6. The van der Waals surface area contributed by atoms with Crippen LogP contribution in [0.1, 0.15) is 37.4 Å². The minimum absolute atomic E-state index is 0.148. The van der Waals surface area contributed by atoms with E-state index < -0.39 is 13.3 Å². The molecule has 1 unspecified atom stereocenters. The fourth-order valence-electron chi connectivity index (χ4n) is 3.56. The highest BCUT2D eigenvalue weighted by Gasteiger charge is 2.29. The fraction of sp³-hybridized carbons (Fsp3) is 0.200. The van der Waals surface area contributed by atoms with Crippen LogP contribution in [0.5, 0.6) is 17.2 Å². The van der Waals surface area contributed by atoms with E-state index >= 15 is 0 Å². The van der Waals surface area contributed by atoms with Crippen molar-refractivity contribution in [2.45, 2.75) is 13.8 Å². The number of methoxy groups -OCH3 is 3. The van der Waals surface area contributed by atoms with Crippen LogP contribution in [0.4, 0.5) is 0 Å². The van der Waals surface area contributed by atoms with Gasteiger partial charge in [-0.05, 0) is 25.0 Å². The maximum atomic E-state index is 13.5. The summed E-state index contributed by atoms with van der Waals surface area (Å²) in [5, 5.41) is 0.148. The first-order valence-corrected chi connectivity index (χ1v) is 11.1. The van der Waals surface area contributed by atoms with Crippen LogP contribution in [0.15, 0.2) is 54.6 Å². The zero-order chi connectivity index (χ0) is 23.4. The summed E-state index contributed by atoms with van der Waals surface area (Å²) in [7, 11) is 1.71. The highest BCUT2D eigenvalue weighted by molar-refractivity contribution is 7.72. The highest BCUT2D eigenvalue weighted by Crippen LogP contribution is 2.39. The van der Waals surface area contributed by atoms with E-state index in [2.05, 4.69) is 0 Å². The van der Waals surface area contributed by atoms with E-state index in [0.717, 1.165) is 0 Å². The zero-order valence-electron chi connectivity index (χ0n) is 18.6. The van der Waals surface area contributed by atoms with Gasteiger partial charge in [0.05, 0.1) is 21.3 Å². The third-order valence-corrected chi connectivity index (χ3v) is 6.68. The van der Waals surface area contributed by atoms with Gasteiger partial charge in [0.25, 0.3) is 0 Å². The van der Waals surface area contributed by atoms with Crippen molar-refractivity contribution in [1.82, 2.24) is 0 Å². The number of benzene rings is 3. The smallest absolute Gasteiger partial charge is 0.247 e. The molecule has 0 amide bonds. The van der Waals surface area contributed by atoms with Gasteiger partial charge in [0, 0.05) is 28.8 Å². The van der Waals surface area contributed by atoms with Crippen LogP contribution in [0.25, 0.3) is 0 Å². The third-order valence-electron chi connectivity index (χ3n) is 5.24. The molecule has 3 aromatic carbocycles. The molecule has 0 aliphatic heterocycles. The number of rotatable bonds is 8. The Morgan fingerprint density at radius 1 is 0.812 bits per heavy atom. The summed E-state index contributed by atoms with van der Waals surface area (Å²) in [5.74, 6) is 0.693. The molecule has 1 radical (unpaired) electrons. The van der Waals surface area contributed by atoms with E-state index in [4.69, 9.17) is 14.2 Å². The predicted molar refractivity (Wildman–Crippen MR) is 123 cm³/mol. The van der Waals surface area contributed by atoms with Crippen molar-refractivity contribution in [2.24, 2.45) is 0 Å². The Labute approximate surface area is 187 Å². The first-order chi connectivity index (χ1) is 15.3. The number of ketones is 1. The van der Waals surface area contributed by atoms with E-state index in [1.165, 1.54) is 21.3 Å². The van der Waals surface area contributed by atoms with Crippen molar-refractivity contribution in [2.75, 3.05) is 21.3 Å². The van der Waals surface area contributed by atoms with E-state index in [9.17, 15) is 14.2 Å². The summed E-state index contributed by atoms with van der Waals surface area (Å²) in [6.07, 6.45) is 0. The van der Waals surface area contributed by atoms with Gasteiger partial charge < -0.3 is 14.2 Å². The topological polar surface area (TPSA) is 78.9 Å². The van der Waals surface area contributed by atoms with Crippen molar-refractivity contribution in [3.8, 4) is 17.2 Å². The maximum absolute atomic E-state index is 13.5. The number of hydrogen-bond donors (Lipinski definition) is 0. The van der Waals surface area contributed by atoms with Crippen molar-refractivity contribution >= 4 is 24.4 Å². The van der Waals surface area contributed by atoms with Crippen LogP contribution < -0.4 is 19.5 Å². The quantitative estimate of drug-likeness (QED) is 0.360. The molecule has 0 aliphatic carbocycles. The molecule has 0 N–H and O–H groups in total. The van der Waals surface area contributed by atoms with Crippen LogP contribution in [0.2, 0.25) is 0 Å². The van der Waals surface area contributed by atoms with Crippen LogP contribution in [-0.4, -0.2) is 32.6 Å². The molecular formula is C25H24O6P. The molecule has 3 aromatic rings. The largest absolute Gasteiger partial charge is 0.496 e. The highest BCUT2D eigenvalue weighted by atomic mass is 31.1. The standard InChI is InChI=1S/C25H24O6P/c1-15-11-12-19(23(26)17-9-7-6-8-10-17)16(2)22(15)25(27)32(28)24-20(30-4)13-18(29-3)14-21(24)31-5/h6-14H,1-5H3. The number of carbonyl (C=O) groups is 2. The Balaban J connectivity index is 2.11.